The van der Waals surface area contributed by atoms with Crippen LogP contribution in [0.1, 0.15) is 25.3 Å². The molecule has 2 unspecified atom stereocenters. The third-order valence-electron chi connectivity index (χ3n) is 4.65. The lowest BCUT2D eigenvalue weighted by Crippen LogP contribution is -2.56. The Kier molecular flexibility index (Phi) is 4.05. The molecule has 0 spiro atoms. The molecule has 21 heavy (non-hydrogen) atoms. The molecule has 2 N–H and O–H groups in total. The van der Waals surface area contributed by atoms with Crippen molar-refractivity contribution in [2.75, 3.05) is 19.6 Å². The first kappa shape index (κ1) is 15.0. The second-order valence-electron chi connectivity index (χ2n) is 6.06. The van der Waals surface area contributed by atoms with E-state index in [0.717, 1.165) is 25.1 Å². The van der Waals surface area contributed by atoms with Crippen LogP contribution in [-0.4, -0.2) is 49.3 Å². The fourth-order valence-corrected chi connectivity index (χ4v) is 5.09. The van der Waals surface area contributed by atoms with Gasteiger partial charge in [0, 0.05) is 31.7 Å². The fourth-order valence-electron chi connectivity index (χ4n) is 3.43. The van der Waals surface area contributed by atoms with Crippen LogP contribution in [0.2, 0.25) is 0 Å². The smallest absolute Gasteiger partial charge is 0.243 e. The summed E-state index contributed by atoms with van der Waals surface area (Å²) in [6.07, 6.45) is 2.28. The van der Waals surface area contributed by atoms with Crippen molar-refractivity contribution in [2.45, 2.75) is 43.3 Å². The molecule has 0 saturated carbocycles. The van der Waals surface area contributed by atoms with E-state index in [0.29, 0.717) is 24.0 Å². The summed E-state index contributed by atoms with van der Waals surface area (Å²) in [4.78, 5) is 2.80. The predicted octanol–water partition coefficient (Wildman–Crippen LogP) is 1.00. The van der Waals surface area contributed by atoms with Gasteiger partial charge in [0.05, 0.1) is 4.90 Å². The molecule has 2 aliphatic heterocycles. The number of sulfonamides is 1. The Hall–Kier alpha value is -0.950. The average molecular weight is 309 g/mol. The van der Waals surface area contributed by atoms with Crippen LogP contribution in [0.4, 0.5) is 0 Å². The maximum atomic E-state index is 12.9. The van der Waals surface area contributed by atoms with Crippen LogP contribution >= 0.6 is 0 Å². The highest BCUT2D eigenvalue weighted by molar-refractivity contribution is 7.89. The Morgan fingerprint density at radius 2 is 1.95 bits per heavy atom. The molecule has 0 aliphatic carbocycles. The molecule has 1 aromatic rings. The summed E-state index contributed by atoms with van der Waals surface area (Å²) in [7, 11) is -3.41. The van der Waals surface area contributed by atoms with E-state index >= 15 is 0 Å². The number of fused-ring (bicyclic) bond motifs is 1. The van der Waals surface area contributed by atoms with Crippen molar-refractivity contribution in [3.8, 4) is 0 Å². The largest absolute Gasteiger partial charge is 0.326 e. The Morgan fingerprint density at radius 1 is 1.24 bits per heavy atom. The zero-order valence-corrected chi connectivity index (χ0v) is 13.2. The van der Waals surface area contributed by atoms with Gasteiger partial charge in [0.25, 0.3) is 0 Å². The zero-order valence-electron chi connectivity index (χ0n) is 12.4. The van der Waals surface area contributed by atoms with Gasteiger partial charge in [-0.05, 0) is 44.0 Å². The molecule has 0 radical (unpaired) electrons. The van der Waals surface area contributed by atoms with Crippen LogP contribution in [0, 0.1) is 0 Å². The highest BCUT2D eigenvalue weighted by atomic mass is 32.2. The highest BCUT2D eigenvalue weighted by Gasteiger charge is 2.40. The van der Waals surface area contributed by atoms with Crippen LogP contribution in [0.5, 0.6) is 0 Å². The summed E-state index contributed by atoms with van der Waals surface area (Å²) in [5.74, 6) is 0. The number of nitrogens with two attached hydrogens (primary N) is 1. The Balaban J connectivity index is 1.86. The van der Waals surface area contributed by atoms with Crippen LogP contribution in [0.15, 0.2) is 29.2 Å². The van der Waals surface area contributed by atoms with Gasteiger partial charge in [0.15, 0.2) is 0 Å². The molecule has 2 atom stereocenters. The van der Waals surface area contributed by atoms with Gasteiger partial charge in [-0.2, -0.15) is 4.31 Å². The molecule has 5 nitrogen and oxygen atoms in total. The zero-order chi connectivity index (χ0) is 15.0. The van der Waals surface area contributed by atoms with E-state index < -0.39 is 10.0 Å². The van der Waals surface area contributed by atoms with E-state index in [1.807, 2.05) is 6.92 Å². The van der Waals surface area contributed by atoms with Crippen molar-refractivity contribution in [1.29, 1.82) is 0 Å². The van der Waals surface area contributed by atoms with Gasteiger partial charge in [0.1, 0.15) is 0 Å². The molecule has 2 aliphatic rings. The third-order valence-corrected chi connectivity index (χ3v) is 6.64. The summed E-state index contributed by atoms with van der Waals surface area (Å²) >= 11 is 0. The van der Waals surface area contributed by atoms with Gasteiger partial charge in [-0.1, -0.05) is 12.1 Å². The number of hydrogen-bond acceptors (Lipinski definition) is 4. The Bertz CT molecular complexity index is 600. The molecule has 6 heteroatoms. The molecule has 0 aromatic heterocycles. The van der Waals surface area contributed by atoms with E-state index in [2.05, 4.69) is 4.90 Å². The Morgan fingerprint density at radius 3 is 2.62 bits per heavy atom. The monoisotopic (exact) mass is 309 g/mol. The van der Waals surface area contributed by atoms with Crippen molar-refractivity contribution >= 4 is 10.0 Å². The van der Waals surface area contributed by atoms with E-state index in [-0.39, 0.29) is 6.04 Å². The van der Waals surface area contributed by atoms with Gasteiger partial charge in [-0.3, -0.25) is 4.90 Å². The SMILES string of the molecule is CC1CN2CCCC2CN1S(=O)(=O)c1ccc(CN)cc1. The van der Waals surface area contributed by atoms with E-state index in [4.69, 9.17) is 5.73 Å². The predicted molar refractivity (Wildman–Crippen MR) is 82.3 cm³/mol. The fraction of sp³-hybridized carbons (Fsp3) is 0.600. The van der Waals surface area contributed by atoms with Crippen molar-refractivity contribution < 1.29 is 8.42 Å². The summed E-state index contributed by atoms with van der Waals surface area (Å²) in [5.41, 5.74) is 6.51. The van der Waals surface area contributed by atoms with Gasteiger partial charge in [0.2, 0.25) is 10.0 Å². The standard InChI is InChI=1S/C15H23N3O2S/c1-12-10-17-8-2-3-14(17)11-18(12)21(19,20)15-6-4-13(9-16)5-7-15/h4-7,12,14H,2-3,8-11,16H2,1H3. The van der Waals surface area contributed by atoms with E-state index in [1.165, 1.54) is 6.42 Å². The molecule has 116 valence electrons. The second kappa shape index (κ2) is 5.68. The minimum Gasteiger partial charge on any atom is -0.326 e. The molecule has 0 amide bonds. The maximum Gasteiger partial charge on any atom is 0.243 e. The number of piperazine rings is 1. The molecule has 2 saturated heterocycles. The molecule has 2 heterocycles. The van der Waals surface area contributed by atoms with Crippen molar-refractivity contribution in [3.63, 3.8) is 0 Å². The van der Waals surface area contributed by atoms with Crippen LogP contribution < -0.4 is 5.73 Å². The van der Waals surface area contributed by atoms with Gasteiger partial charge < -0.3 is 5.73 Å². The lowest BCUT2D eigenvalue weighted by molar-refractivity contribution is 0.117. The topological polar surface area (TPSA) is 66.6 Å². The van der Waals surface area contributed by atoms with Crippen molar-refractivity contribution in [2.24, 2.45) is 5.73 Å². The summed E-state index contributed by atoms with van der Waals surface area (Å²) in [6.45, 7) is 4.98. The summed E-state index contributed by atoms with van der Waals surface area (Å²) < 4.78 is 27.4. The lowest BCUT2D eigenvalue weighted by atomic mass is 10.1. The number of benzene rings is 1. The average Bonchev–Trinajstić information content (AvgIpc) is 2.93. The number of nitrogens with zero attached hydrogens (tertiary/aromatic N) is 2. The summed E-state index contributed by atoms with van der Waals surface area (Å²) in [6, 6.07) is 7.35. The number of hydrogen-bond donors (Lipinski definition) is 1. The quantitative estimate of drug-likeness (QED) is 0.905. The van der Waals surface area contributed by atoms with Crippen LogP contribution in [0.25, 0.3) is 0 Å². The highest BCUT2D eigenvalue weighted by Crippen LogP contribution is 2.29. The maximum absolute atomic E-state index is 12.9. The van der Waals surface area contributed by atoms with Crippen LogP contribution in [-0.2, 0) is 16.6 Å². The first-order chi connectivity index (χ1) is 10.0. The van der Waals surface area contributed by atoms with Gasteiger partial charge >= 0.3 is 0 Å². The third kappa shape index (κ3) is 2.73. The molecule has 0 bridgehead atoms. The van der Waals surface area contributed by atoms with Crippen molar-refractivity contribution in [1.82, 2.24) is 9.21 Å². The summed E-state index contributed by atoms with van der Waals surface area (Å²) in [5, 5.41) is 0. The first-order valence-corrected chi connectivity index (χ1v) is 9.01. The van der Waals surface area contributed by atoms with Crippen LogP contribution in [0.3, 0.4) is 0 Å². The van der Waals surface area contributed by atoms with E-state index in [9.17, 15) is 8.42 Å². The number of rotatable bonds is 3. The normalized spacial score (nSPS) is 27.7. The minimum absolute atomic E-state index is 0.0264. The van der Waals surface area contributed by atoms with Gasteiger partial charge in [-0.25, -0.2) is 8.42 Å². The second-order valence-corrected chi connectivity index (χ2v) is 7.95. The van der Waals surface area contributed by atoms with E-state index in [1.54, 1.807) is 28.6 Å². The molecule has 1 aromatic carbocycles. The molecule has 3 rings (SSSR count). The van der Waals surface area contributed by atoms with Gasteiger partial charge in [-0.15, -0.1) is 0 Å². The first-order valence-electron chi connectivity index (χ1n) is 7.57. The molecule has 2 fully saturated rings. The Labute approximate surface area is 126 Å². The lowest BCUT2D eigenvalue weighted by Gasteiger charge is -2.41. The molecular weight excluding hydrogens is 286 g/mol. The molecular formula is C15H23N3O2S. The minimum atomic E-state index is -3.41. The van der Waals surface area contributed by atoms with Crippen molar-refractivity contribution in [3.05, 3.63) is 29.8 Å².